The van der Waals surface area contributed by atoms with E-state index in [2.05, 4.69) is 25.6 Å². The van der Waals surface area contributed by atoms with Gasteiger partial charge in [0.25, 0.3) is 0 Å². The van der Waals surface area contributed by atoms with Gasteiger partial charge in [0, 0.05) is 26.4 Å². The van der Waals surface area contributed by atoms with Crippen LogP contribution in [-0.4, -0.2) is 37.5 Å². The lowest BCUT2D eigenvalue weighted by molar-refractivity contribution is -0.119. The smallest absolute Gasteiger partial charge is 0.217 e. The van der Waals surface area contributed by atoms with Gasteiger partial charge in [-0.25, -0.2) is 15.0 Å². The van der Waals surface area contributed by atoms with Crippen LogP contribution < -0.4 is 10.6 Å². The fourth-order valence-electron chi connectivity index (χ4n) is 3.33. The zero-order valence-electron chi connectivity index (χ0n) is 15.7. The molecule has 27 heavy (non-hydrogen) atoms. The van der Waals surface area contributed by atoms with Crippen LogP contribution in [0.5, 0.6) is 0 Å². The first kappa shape index (κ1) is 17.0. The number of aromatic nitrogens is 5. The van der Waals surface area contributed by atoms with E-state index in [1.54, 1.807) is 6.33 Å². The molecule has 0 radical (unpaired) electrons. The zero-order chi connectivity index (χ0) is 19.1. The van der Waals surface area contributed by atoms with E-state index in [9.17, 15) is 4.79 Å². The van der Waals surface area contributed by atoms with Crippen molar-refractivity contribution in [3.8, 4) is 11.4 Å². The molecule has 0 aliphatic heterocycles. The van der Waals surface area contributed by atoms with Gasteiger partial charge in [-0.1, -0.05) is 6.07 Å². The van der Waals surface area contributed by atoms with Gasteiger partial charge in [0.1, 0.15) is 11.2 Å². The lowest BCUT2D eigenvalue weighted by atomic mass is 10.1. The molecular weight excluding hydrogens is 342 g/mol. The quantitative estimate of drug-likeness (QED) is 0.518. The largest absolute Gasteiger partial charge is 0.371 e. The summed E-state index contributed by atoms with van der Waals surface area (Å²) in [6.45, 7) is 3.42. The van der Waals surface area contributed by atoms with Crippen molar-refractivity contribution in [3.63, 3.8) is 0 Å². The molecular formula is C19H21N7O. The Morgan fingerprint density at radius 1 is 1.30 bits per heavy atom. The number of nitrogens with one attached hydrogen (secondary N) is 3. The fourth-order valence-corrected chi connectivity index (χ4v) is 3.33. The molecule has 138 valence electrons. The molecule has 0 spiro atoms. The number of amides is 1. The van der Waals surface area contributed by atoms with Gasteiger partial charge in [0.05, 0.1) is 35.0 Å². The third-order valence-corrected chi connectivity index (χ3v) is 4.58. The molecule has 1 amide bonds. The van der Waals surface area contributed by atoms with Crippen molar-refractivity contribution in [3.05, 3.63) is 36.3 Å². The minimum absolute atomic E-state index is 0.0808. The number of nitrogens with zero attached hydrogens (tertiary/aromatic N) is 4. The second kappa shape index (κ2) is 6.39. The van der Waals surface area contributed by atoms with Crippen molar-refractivity contribution < 1.29 is 4.79 Å². The van der Waals surface area contributed by atoms with Crippen LogP contribution in [0.4, 0.5) is 5.82 Å². The molecule has 4 aromatic rings. The van der Waals surface area contributed by atoms with Gasteiger partial charge in [-0.2, -0.15) is 0 Å². The van der Waals surface area contributed by atoms with E-state index in [1.807, 2.05) is 49.9 Å². The highest BCUT2D eigenvalue weighted by atomic mass is 16.1. The number of anilines is 1. The van der Waals surface area contributed by atoms with E-state index in [4.69, 9.17) is 4.98 Å². The van der Waals surface area contributed by atoms with E-state index >= 15 is 0 Å². The van der Waals surface area contributed by atoms with Gasteiger partial charge in [-0.05, 0) is 25.1 Å². The van der Waals surface area contributed by atoms with Gasteiger partial charge in [0.2, 0.25) is 5.91 Å². The van der Waals surface area contributed by atoms with Gasteiger partial charge in [-0.15, -0.1) is 0 Å². The minimum Gasteiger partial charge on any atom is -0.371 e. The molecule has 4 heterocycles. The molecule has 0 aliphatic carbocycles. The van der Waals surface area contributed by atoms with Crippen molar-refractivity contribution in [1.29, 1.82) is 0 Å². The molecule has 0 bridgehead atoms. The van der Waals surface area contributed by atoms with Gasteiger partial charge >= 0.3 is 0 Å². The van der Waals surface area contributed by atoms with Crippen LogP contribution in [0.3, 0.4) is 0 Å². The maximum absolute atomic E-state index is 11.3. The lowest BCUT2D eigenvalue weighted by Gasteiger charge is -2.12. The van der Waals surface area contributed by atoms with Crippen LogP contribution in [-0.2, 0) is 11.8 Å². The zero-order valence-corrected chi connectivity index (χ0v) is 15.7. The molecule has 1 unspecified atom stereocenters. The second-order valence-electron chi connectivity index (χ2n) is 6.58. The Hall–Kier alpha value is -3.42. The van der Waals surface area contributed by atoms with Crippen molar-refractivity contribution in [2.45, 2.75) is 19.9 Å². The van der Waals surface area contributed by atoms with Crippen LogP contribution in [0, 0.1) is 0 Å². The summed E-state index contributed by atoms with van der Waals surface area (Å²) in [5.41, 5.74) is 5.08. The number of carbonyl (C=O) groups excluding carboxylic acids is 1. The molecule has 1 atom stereocenters. The van der Waals surface area contributed by atoms with Crippen molar-refractivity contribution in [2.24, 2.45) is 7.05 Å². The Bertz CT molecular complexity index is 1160. The number of fused-ring (bicyclic) bond motifs is 3. The van der Waals surface area contributed by atoms with E-state index < -0.39 is 0 Å². The third kappa shape index (κ3) is 2.88. The molecule has 0 fully saturated rings. The summed E-state index contributed by atoms with van der Waals surface area (Å²) in [5, 5.41) is 6.95. The second-order valence-corrected chi connectivity index (χ2v) is 6.58. The van der Waals surface area contributed by atoms with E-state index in [0.717, 1.165) is 45.0 Å². The molecule has 4 rings (SSSR count). The average Bonchev–Trinajstić information content (AvgIpc) is 3.24. The number of rotatable bonds is 4. The molecule has 0 saturated heterocycles. The third-order valence-electron chi connectivity index (χ3n) is 4.58. The van der Waals surface area contributed by atoms with Crippen LogP contribution >= 0.6 is 0 Å². The number of imidazole rings is 1. The van der Waals surface area contributed by atoms with E-state index in [1.165, 1.54) is 6.92 Å². The van der Waals surface area contributed by atoms with Crippen molar-refractivity contribution >= 4 is 33.8 Å². The van der Waals surface area contributed by atoms with Crippen molar-refractivity contribution in [1.82, 2.24) is 29.8 Å². The highest BCUT2D eigenvalue weighted by Crippen LogP contribution is 2.31. The molecule has 3 N–H and O–H groups in total. The van der Waals surface area contributed by atoms with Crippen LogP contribution in [0.15, 0.2) is 30.6 Å². The number of aryl methyl sites for hydroxylation is 1. The number of hydrogen-bond acceptors (Lipinski definition) is 5. The minimum atomic E-state index is -0.162. The summed E-state index contributed by atoms with van der Waals surface area (Å²) in [6.07, 6.45) is 1.79. The predicted molar refractivity (Wildman–Crippen MR) is 105 cm³/mol. The standard InChI is InChI=1S/C19H21N7O/c1-10(22-11(2)27)13-6-5-7-14(23-13)15-8-12-17-16(21-9-26(17)4)19(20-3)25-18(12)24-15/h5-10H,1-4H3,(H,22,27)(H2,20,24,25). The Morgan fingerprint density at radius 2 is 2.11 bits per heavy atom. The Kier molecular flexibility index (Phi) is 4.02. The average molecular weight is 363 g/mol. The predicted octanol–water partition coefficient (Wildman–Crippen LogP) is 2.75. The van der Waals surface area contributed by atoms with Crippen LogP contribution in [0.1, 0.15) is 25.6 Å². The number of H-pyrrole nitrogens is 1. The lowest BCUT2D eigenvalue weighted by Crippen LogP contribution is -2.24. The first-order valence-corrected chi connectivity index (χ1v) is 8.74. The number of pyridine rings is 2. The number of hydrogen-bond donors (Lipinski definition) is 3. The van der Waals surface area contributed by atoms with Crippen LogP contribution in [0.25, 0.3) is 33.5 Å². The first-order chi connectivity index (χ1) is 13.0. The Labute approximate surface area is 156 Å². The summed E-state index contributed by atoms with van der Waals surface area (Å²) in [5.74, 6) is 0.648. The topological polar surface area (TPSA) is 101 Å². The first-order valence-electron chi connectivity index (χ1n) is 8.74. The molecule has 0 aromatic carbocycles. The monoisotopic (exact) mass is 363 g/mol. The van der Waals surface area contributed by atoms with Crippen LogP contribution in [0.2, 0.25) is 0 Å². The maximum atomic E-state index is 11.3. The Morgan fingerprint density at radius 3 is 2.85 bits per heavy atom. The van der Waals surface area contributed by atoms with E-state index in [-0.39, 0.29) is 11.9 Å². The molecule has 0 aliphatic rings. The summed E-state index contributed by atoms with van der Waals surface area (Å²) < 4.78 is 1.99. The van der Waals surface area contributed by atoms with Gasteiger partial charge in [0.15, 0.2) is 5.82 Å². The SMILES string of the molecule is CNc1nc2[nH]c(-c3cccc(C(C)NC(C)=O)n3)cc2c2c1ncn2C. The highest BCUT2D eigenvalue weighted by Gasteiger charge is 2.16. The summed E-state index contributed by atoms with van der Waals surface area (Å²) in [4.78, 5) is 28.5. The highest BCUT2D eigenvalue weighted by molar-refractivity contribution is 6.07. The molecule has 8 nitrogen and oxygen atoms in total. The van der Waals surface area contributed by atoms with Gasteiger partial charge in [-0.3, -0.25) is 4.79 Å². The molecule has 4 aromatic heterocycles. The van der Waals surface area contributed by atoms with E-state index in [0.29, 0.717) is 0 Å². The summed E-state index contributed by atoms with van der Waals surface area (Å²) in [7, 11) is 3.80. The molecule has 0 saturated carbocycles. The Balaban J connectivity index is 1.84. The number of carbonyl (C=O) groups is 1. The number of aromatic amines is 1. The molecule has 8 heteroatoms. The maximum Gasteiger partial charge on any atom is 0.217 e. The normalized spacial score (nSPS) is 12.4. The fraction of sp³-hybridized carbons (Fsp3) is 0.263. The van der Waals surface area contributed by atoms with Gasteiger partial charge < -0.3 is 20.2 Å². The van der Waals surface area contributed by atoms with Crippen molar-refractivity contribution in [2.75, 3.05) is 12.4 Å². The summed E-state index contributed by atoms with van der Waals surface area (Å²) >= 11 is 0. The summed E-state index contributed by atoms with van der Waals surface area (Å²) in [6, 6.07) is 7.66.